The standard InChI is InChI=1S/C14H17BrN2O3/c1-14(2,3)20-13(19)16-12-5-10-7-17(8-18)6-9(10)4-11(12)15/h4-5,8H,6-7H2,1-3H3,(H,16,19). The number of halogens is 1. The van der Waals surface area contributed by atoms with Gasteiger partial charge in [-0.2, -0.15) is 0 Å². The topological polar surface area (TPSA) is 58.6 Å². The largest absolute Gasteiger partial charge is 0.444 e. The minimum atomic E-state index is -0.540. The lowest BCUT2D eigenvalue weighted by molar-refractivity contribution is -0.118. The van der Waals surface area contributed by atoms with Gasteiger partial charge < -0.3 is 9.64 Å². The Hall–Kier alpha value is -1.56. The number of fused-ring (bicyclic) bond motifs is 1. The molecule has 0 aromatic heterocycles. The normalized spacial score (nSPS) is 13.9. The van der Waals surface area contributed by atoms with Gasteiger partial charge in [-0.1, -0.05) is 0 Å². The molecule has 0 atom stereocenters. The predicted molar refractivity (Wildman–Crippen MR) is 79.3 cm³/mol. The van der Waals surface area contributed by atoms with Gasteiger partial charge in [0.15, 0.2) is 0 Å². The van der Waals surface area contributed by atoms with Crippen molar-refractivity contribution in [3.63, 3.8) is 0 Å². The SMILES string of the molecule is CC(C)(C)OC(=O)Nc1cc2c(cc1Br)CN(C=O)C2. The zero-order valence-corrected chi connectivity index (χ0v) is 13.3. The third kappa shape index (κ3) is 3.50. The quantitative estimate of drug-likeness (QED) is 0.840. The van der Waals surface area contributed by atoms with Crippen LogP contribution < -0.4 is 5.32 Å². The molecule has 5 nitrogen and oxygen atoms in total. The van der Waals surface area contributed by atoms with Crippen LogP contribution in [0.4, 0.5) is 10.5 Å². The Morgan fingerprint density at radius 3 is 2.50 bits per heavy atom. The molecule has 2 rings (SSSR count). The van der Waals surface area contributed by atoms with Crippen molar-refractivity contribution in [2.45, 2.75) is 39.5 Å². The molecule has 108 valence electrons. The molecule has 1 heterocycles. The van der Waals surface area contributed by atoms with Gasteiger partial charge in [0, 0.05) is 17.6 Å². The van der Waals surface area contributed by atoms with Crippen LogP contribution >= 0.6 is 15.9 Å². The van der Waals surface area contributed by atoms with E-state index in [-0.39, 0.29) is 0 Å². The summed E-state index contributed by atoms with van der Waals surface area (Å²) in [4.78, 5) is 24.3. The van der Waals surface area contributed by atoms with E-state index in [1.807, 2.05) is 32.9 Å². The number of ether oxygens (including phenoxy) is 1. The third-order valence-electron chi connectivity index (χ3n) is 2.82. The van der Waals surface area contributed by atoms with Crippen molar-refractivity contribution in [1.82, 2.24) is 4.90 Å². The molecular weight excluding hydrogens is 324 g/mol. The van der Waals surface area contributed by atoms with E-state index in [1.54, 1.807) is 4.90 Å². The van der Waals surface area contributed by atoms with E-state index < -0.39 is 11.7 Å². The van der Waals surface area contributed by atoms with E-state index in [2.05, 4.69) is 21.2 Å². The molecule has 2 amide bonds. The Morgan fingerprint density at radius 2 is 1.95 bits per heavy atom. The molecule has 0 fully saturated rings. The highest BCUT2D eigenvalue weighted by Crippen LogP contribution is 2.31. The molecule has 0 saturated carbocycles. The van der Waals surface area contributed by atoms with Crippen LogP contribution in [0.25, 0.3) is 0 Å². The maximum Gasteiger partial charge on any atom is 0.412 e. The zero-order chi connectivity index (χ0) is 14.9. The summed E-state index contributed by atoms with van der Waals surface area (Å²) in [6.07, 6.45) is 0.331. The molecule has 0 unspecified atom stereocenters. The van der Waals surface area contributed by atoms with Gasteiger partial charge in [0.05, 0.1) is 5.69 Å². The van der Waals surface area contributed by atoms with Crippen LogP contribution in [-0.2, 0) is 22.6 Å². The van der Waals surface area contributed by atoms with Crippen LogP contribution in [0.3, 0.4) is 0 Å². The molecule has 0 bridgehead atoms. The van der Waals surface area contributed by atoms with Crippen LogP contribution in [0.15, 0.2) is 16.6 Å². The first kappa shape index (κ1) is 14.8. The first-order valence-corrected chi connectivity index (χ1v) is 7.08. The lowest BCUT2D eigenvalue weighted by Crippen LogP contribution is -2.27. The monoisotopic (exact) mass is 340 g/mol. The molecule has 0 radical (unpaired) electrons. The second-order valence-electron chi connectivity index (χ2n) is 5.74. The number of benzene rings is 1. The van der Waals surface area contributed by atoms with Crippen molar-refractivity contribution in [1.29, 1.82) is 0 Å². The van der Waals surface area contributed by atoms with Gasteiger partial charge in [-0.25, -0.2) is 4.79 Å². The van der Waals surface area contributed by atoms with Crippen LogP contribution in [0, 0.1) is 0 Å². The minimum Gasteiger partial charge on any atom is -0.444 e. The van der Waals surface area contributed by atoms with Crippen LogP contribution in [0.1, 0.15) is 31.9 Å². The van der Waals surface area contributed by atoms with E-state index in [0.29, 0.717) is 18.8 Å². The number of anilines is 1. The highest BCUT2D eigenvalue weighted by molar-refractivity contribution is 9.10. The predicted octanol–water partition coefficient (Wildman–Crippen LogP) is 3.27. The van der Waals surface area contributed by atoms with E-state index >= 15 is 0 Å². The fourth-order valence-electron chi connectivity index (χ4n) is 2.03. The van der Waals surface area contributed by atoms with Crippen molar-refractivity contribution in [2.24, 2.45) is 0 Å². The van der Waals surface area contributed by atoms with Gasteiger partial charge in [-0.05, 0) is 60.0 Å². The highest BCUT2D eigenvalue weighted by Gasteiger charge is 2.21. The Kier molecular flexibility index (Phi) is 4.04. The molecule has 0 aliphatic carbocycles. The van der Waals surface area contributed by atoms with Crippen molar-refractivity contribution >= 4 is 34.1 Å². The highest BCUT2D eigenvalue weighted by atomic mass is 79.9. The van der Waals surface area contributed by atoms with E-state index in [0.717, 1.165) is 22.0 Å². The molecule has 1 aromatic rings. The Balaban J connectivity index is 2.15. The second-order valence-corrected chi connectivity index (χ2v) is 6.59. The number of hydrogen-bond donors (Lipinski definition) is 1. The third-order valence-corrected chi connectivity index (χ3v) is 3.48. The Morgan fingerprint density at radius 1 is 1.35 bits per heavy atom. The molecule has 6 heteroatoms. The number of amides is 2. The fourth-order valence-corrected chi connectivity index (χ4v) is 2.52. The molecule has 0 saturated heterocycles. The average Bonchev–Trinajstić information content (AvgIpc) is 2.69. The second kappa shape index (κ2) is 5.44. The summed E-state index contributed by atoms with van der Waals surface area (Å²) in [5.41, 5.74) is 2.22. The molecule has 1 aromatic carbocycles. The fraction of sp³-hybridized carbons (Fsp3) is 0.429. The first-order chi connectivity index (χ1) is 9.28. The summed E-state index contributed by atoms with van der Waals surface area (Å²) in [7, 11) is 0. The van der Waals surface area contributed by atoms with Gasteiger partial charge in [0.25, 0.3) is 0 Å². The number of hydrogen-bond acceptors (Lipinski definition) is 3. The first-order valence-electron chi connectivity index (χ1n) is 6.29. The number of carbonyl (C=O) groups is 2. The number of rotatable bonds is 2. The summed E-state index contributed by atoms with van der Waals surface area (Å²) in [6.45, 7) is 6.60. The Bertz CT molecular complexity index is 552. The van der Waals surface area contributed by atoms with Gasteiger partial charge in [-0.15, -0.1) is 0 Å². The van der Waals surface area contributed by atoms with Crippen molar-refractivity contribution in [3.05, 3.63) is 27.7 Å². The molecule has 0 spiro atoms. The van der Waals surface area contributed by atoms with Gasteiger partial charge >= 0.3 is 6.09 Å². The van der Waals surface area contributed by atoms with Crippen LogP contribution in [-0.4, -0.2) is 23.0 Å². The summed E-state index contributed by atoms with van der Waals surface area (Å²) < 4.78 is 5.99. The molecule has 20 heavy (non-hydrogen) atoms. The van der Waals surface area contributed by atoms with Crippen molar-refractivity contribution in [2.75, 3.05) is 5.32 Å². The maximum absolute atomic E-state index is 11.8. The smallest absolute Gasteiger partial charge is 0.412 e. The molecule has 1 aliphatic heterocycles. The average molecular weight is 341 g/mol. The van der Waals surface area contributed by atoms with E-state index in [1.165, 1.54) is 0 Å². The maximum atomic E-state index is 11.8. The summed E-state index contributed by atoms with van der Waals surface area (Å²) in [6, 6.07) is 3.79. The number of nitrogens with one attached hydrogen (secondary N) is 1. The van der Waals surface area contributed by atoms with Gasteiger partial charge in [0.2, 0.25) is 6.41 Å². The Labute approximate surface area is 126 Å². The lowest BCUT2D eigenvalue weighted by Gasteiger charge is -2.20. The summed E-state index contributed by atoms with van der Waals surface area (Å²) >= 11 is 3.42. The van der Waals surface area contributed by atoms with Gasteiger partial charge in [0.1, 0.15) is 5.60 Å². The molecule has 1 aliphatic rings. The lowest BCUT2D eigenvalue weighted by atomic mass is 10.1. The van der Waals surface area contributed by atoms with Crippen LogP contribution in [0.5, 0.6) is 0 Å². The van der Waals surface area contributed by atoms with Crippen LogP contribution in [0.2, 0.25) is 0 Å². The summed E-state index contributed by atoms with van der Waals surface area (Å²) in [5.74, 6) is 0. The molecular formula is C14H17BrN2O3. The zero-order valence-electron chi connectivity index (χ0n) is 11.7. The van der Waals surface area contributed by atoms with E-state index in [4.69, 9.17) is 4.74 Å². The minimum absolute atomic E-state index is 0.497. The number of nitrogens with zero attached hydrogens (tertiary/aromatic N) is 1. The number of carbonyl (C=O) groups excluding carboxylic acids is 2. The van der Waals surface area contributed by atoms with Crippen molar-refractivity contribution < 1.29 is 14.3 Å². The molecule has 1 N–H and O–H groups in total. The van der Waals surface area contributed by atoms with Gasteiger partial charge in [-0.3, -0.25) is 10.1 Å². The summed E-state index contributed by atoms with van der Waals surface area (Å²) in [5, 5.41) is 2.71. The van der Waals surface area contributed by atoms with Crippen molar-refractivity contribution in [3.8, 4) is 0 Å². The van der Waals surface area contributed by atoms with E-state index in [9.17, 15) is 9.59 Å².